The molecule has 1 rings (SSSR count). The highest BCUT2D eigenvalue weighted by Crippen LogP contribution is 2.23. The Labute approximate surface area is 121 Å². The number of hydrogen-bond donors (Lipinski definition) is 1. The van der Waals surface area contributed by atoms with Gasteiger partial charge >= 0.3 is 0 Å². The molecule has 0 heterocycles. The predicted molar refractivity (Wildman–Crippen MR) is 77.0 cm³/mol. The summed E-state index contributed by atoms with van der Waals surface area (Å²) in [6, 6.07) is 7.46. The smallest absolute Gasteiger partial charge is 0.239 e. The van der Waals surface area contributed by atoms with Crippen LogP contribution in [0.1, 0.15) is 5.56 Å². The molecule has 0 unspecified atom stereocenters. The van der Waals surface area contributed by atoms with Crippen LogP contribution in [0.15, 0.2) is 22.7 Å². The fourth-order valence-electron chi connectivity index (χ4n) is 1.56. The fraction of sp³-hybridized carbons (Fsp3) is 0.385. The number of ether oxygens (including phenoxy) is 1. The van der Waals surface area contributed by atoms with Crippen molar-refractivity contribution in [2.45, 2.75) is 0 Å². The van der Waals surface area contributed by atoms with E-state index in [4.69, 9.17) is 10.00 Å². The monoisotopic (exact) mass is 325 g/mol. The van der Waals surface area contributed by atoms with Crippen LogP contribution < -0.4 is 10.2 Å². The molecule has 0 radical (unpaired) electrons. The maximum absolute atomic E-state index is 11.7. The van der Waals surface area contributed by atoms with E-state index in [2.05, 4.69) is 27.3 Å². The Balaban J connectivity index is 2.67. The van der Waals surface area contributed by atoms with Gasteiger partial charge in [0.15, 0.2) is 0 Å². The quantitative estimate of drug-likeness (QED) is 0.805. The molecule has 0 fully saturated rings. The van der Waals surface area contributed by atoms with E-state index in [0.717, 1.165) is 10.2 Å². The van der Waals surface area contributed by atoms with E-state index >= 15 is 0 Å². The second-order valence-corrected chi connectivity index (χ2v) is 4.89. The van der Waals surface area contributed by atoms with Gasteiger partial charge in [0.05, 0.1) is 24.4 Å². The number of methoxy groups -OCH3 is 1. The minimum absolute atomic E-state index is 0.108. The number of carbonyl (C=O) groups is 1. The molecule has 0 aliphatic heterocycles. The summed E-state index contributed by atoms with van der Waals surface area (Å²) in [5.41, 5.74) is 1.26. The van der Waals surface area contributed by atoms with Crippen LogP contribution in [-0.2, 0) is 9.53 Å². The van der Waals surface area contributed by atoms with Crippen LogP contribution >= 0.6 is 15.9 Å². The number of halogens is 1. The topological polar surface area (TPSA) is 65.4 Å². The maximum Gasteiger partial charge on any atom is 0.239 e. The van der Waals surface area contributed by atoms with Crippen LogP contribution in [0.25, 0.3) is 0 Å². The van der Waals surface area contributed by atoms with Gasteiger partial charge in [0, 0.05) is 25.2 Å². The van der Waals surface area contributed by atoms with Crippen molar-refractivity contribution in [2.24, 2.45) is 0 Å². The molecule has 0 aliphatic carbocycles. The molecule has 1 aromatic rings. The summed E-state index contributed by atoms with van der Waals surface area (Å²) in [6.45, 7) is 1.15. The molecule has 0 saturated carbocycles. The van der Waals surface area contributed by atoms with Crippen molar-refractivity contribution < 1.29 is 9.53 Å². The van der Waals surface area contributed by atoms with Gasteiger partial charge in [-0.05, 0) is 18.2 Å². The zero-order valence-corrected chi connectivity index (χ0v) is 12.5. The first-order valence-electron chi connectivity index (χ1n) is 5.75. The van der Waals surface area contributed by atoms with E-state index in [1.807, 2.05) is 6.07 Å². The number of carbonyl (C=O) groups excluding carboxylic acids is 1. The molecule has 0 bridgehead atoms. The zero-order chi connectivity index (χ0) is 14.3. The lowest BCUT2D eigenvalue weighted by Crippen LogP contribution is -2.36. The number of anilines is 1. The third-order valence-electron chi connectivity index (χ3n) is 2.50. The van der Waals surface area contributed by atoms with E-state index in [1.54, 1.807) is 31.2 Å². The molecular formula is C13H16BrN3O2. The molecular weight excluding hydrogens is 310 g/mol. The van der Waals surface area contributed by atoms with Crippen molar-refractivity contribution in [2.75, 3.05) is 38.8 Å². The van der Waals surface area contributed by atoms with Gasteiger partial charge < -0.3 is 15.0 Å². The van der Waals surface area contributed by atoms with Gasteiger partial charge in [0.1, 0.15) is 6.07 Å². The normalized spacial score (nSPS) is 9.79. The van der Waals surface area contributed by atoms with Crippen molar-refractivity contribution in [1.29, 1.82) is 5.26 Å². The van der Waals surface area contributed by atoms with Gasteiger partial charge in [-0.3, -0.25) is 4.79 Å². The molecule has 0 aliphatic rings. The van der Waals surface area contributed by atoms with Crippen LogP contribution in [0.4, 0.5) is 5.69 Å². The Bertz CT molecular complexity index is 485. The van der Waals surface area contributed by atoms with E-state index in [1.165, 1.54) is 0 Å². The summed E-state index contributed by atoms with van der Waals surface area (Å²) in [5.74, 6) is -0.108. The number of nitriles is 1. The number of amides is 1. The molecule has 19 heavy (non-hydrogen) atoms. The Morgan fingerprint density at radius 3 is 2.95 bits per heavy atom. The third-order valence-corrected chi connectivity index (χ3v) is 2.99. The molecule has 0 spiro atoms. The fourth-order valence-corrected chi connectivity index (χ4v) is 1.91. The van der Waals surface area contributed by atoms with Gasteiger partial charge in [-0.1, -0.05) is 15.9 Å². The molecule has 1 amide bonds. The van der Waals surface area contributed by atoms with Gasteiger partial charge in [0.25, 0.3) is 0 Å². The lowest BCUT2D eigenvalue weighted by molar-refractivity contribution is -0.119. The molecule has 0 atom stereocenters. The second-order valence-electron chi connectivity index (χ2n) is 3.97. The van der Waals surface area contributed by atoms with E-state index in [9.17, 15) is 4.79 Å². The number of benzene rings is 1. The molecule has 102 valence electrons. The number of hydrogen-bond acceptors (Lipinski definition) is 4. The Hall–Kier alpha value is -1.58. The summed E-state index contributed by atoms with van der Waals surface area (Å²) in [5, 5.41) is 11.8. The largest absolute Gasteiger partial charge is 0.383 e. The van der Waals surface area contributed by atoms with Crippen molar-refractivity contribution in [3.8, 4) is 6.07 Å². The first kappa shape index (κ1) is 15.5. The average molecular weight is 326 g/mol. The Kier molecular flexibility index (Phi) is 6.33. The summed E-state index contributed by atoms with van der Waals surface area (Å²) in [6.07, 6.45) is 0. The maximum atomic E-state index is 11.7. The number of rotatable bonds is 6. The molecule has 6 heteroatoms. The van der Waals surface area contributed by atoms with Crippen LogP contribution in [-0.4, -0.2) is 39.8 Å². The molecule has 0 aromatic heterocycles. The predicted octanol–water partition coefficient (Wildman–Crippen LogP) is 1.52. The summed E-state index contributed by atoms with van der Waals surface area (Å²) in [7, 11) is 3.36. The first-order chi connectivity index (χ1) is 9.08. The lowest BCUT2D eigenvalue weighted by atomic mass is 10.2. The third kappa shape index (κ3) is 4.89. The van der Waals surface area contributed by atoms with Gasteiger partial charge in [-0.15, -0.1) is 0 Å². The molecule has 1 N–H and O–H groups in total. The first-order valence-corrected chi connectivity index (χ1v) is 6.54. The number of nitrogens with one attached hydrogen (secondary N) is 1. The highest BCUT2D eigenvalue weighted by molar-refractivity contribution is 9.10. The summed E-state index contributed by atoms with van der Waals surface area (Å²) < 4.78 is 5.73. The standard InChI is InChI=1S/C13H16BrN3O2/c1-17(9-13(18)16-5-6-19-2)12-7-11(14)4-3-10(12)8-15/h3-4,7H,5-6,9H2,1-2H3,(H,16,18). The summed E-state index contributed by atoms with van der Waals surface area (Å²) in [4.78, 5) is 13.4. The Morgan fingerprint density at radius 2 is 2.32 bits per heavy atom. The van der Waals surface area contributed by atoms with E-state index in [0.29, 0.717) is 18.7 Å². The average Bonchev–Trinajstić information content (AvgIpc) is 2.39. The Morgan fingerprint density at radius 1 is 1.58 bits per heavy atom. The lowest BCUT2D eigenvalue weighted by Gasteiger charge is -2.20. The molecule has 5 nitrogen and oxygen atoms in total. The minimum atomic E-state index is -0.108. The number of nitrogens with zero attached hydrogens (tertiary/aromatic N) is 2. The van der Waals surface area contributed by atoms with Gasteiger partial charge in [0.2, 0.25) is 5.91 Å². The molecule has 0 saturated heterocycles. The van der Waals surface area contributed by atoms with Crippen molar-refractivity contribution in [1.82, 2.24) is 5.32 Å². The molecule has 1 aromatic carbocycles. The van der Waals surface area contributed by atoms with Gasteiger partial charge in [-0.2, -0.15) is 5.26 Å². The summed E-state index contributed by atoms with van der Waals surface area (Å²) >= 11 is 3.36. The zero-order valence-electron chi connectivity index (χ0n) is 10.9. The van der Waals surface area contributed by atoms with Crippen LogP contribution in [0.2, 0.25) is 0 Å². The van der Waals surface area contributed by atoms with Crippen molar-refractivity contribution >= 4 is 27.5 Å². The van der Waals surface area contributed by atoms with Crippen molar-refractivity contribution in [3.63, 3.8) is 0 Å². The van der Waals surface area contributed by atoms with Crippen LogP contribution in [0.3, 0.4) is 0 Å². The minimum Gasteiger partial charge on any atom is -0.383 e. The SMILES string of the molecule is COCCNC(=O)CN(C)c1cc(Br)ccc1C#N. The van der Waals surface area contributed by atoms with Crippen LogP contribution in [0, 0.1) is 11.3 Å². The van der Waals surface area contributed by atoms with Crippen LogP contribution in [0.5, 0.6) is 0 Å². The van der Waals surface area contributed by atoms with E-state index in [-0.39, 0.29) is 12.5 Å². The van der Waals surface area contributed by atoms with E-state index < -0.39 is 0 Å². The highest BCUT2D eigenvalue weighted by atomic mass is 79.9. The second kappa shape index (κ2) is 7.77. The number of likely N-dealkylation sites (N-methyl/N-ethyl adjacent to an activating group) is 1. The van der Waals surface area contributed by atoms with Gasteiger partial charge in [-0.25, -0.2) is 0 Å². The van der Waals surface area contributed by atoms with Crippen molar-refractivity contribution in [3.05, 3.63) is 28.2 Å². The highest BCUT2D eigenvalue weighted by Gasteiger charge is 2.11.